The predicted octanol–water partition coefficient (Wildman–Crippen LogP) is 5.39. The summed E-state index contributed by atoms with van der Waals surface area (Å²) in [4.78, 5) is 21.8. The zero-order valence-electron chi connectivity index (χ0n) is 15.4. The summed E-state index contributed by atoms with van der Waals surface area (Å²) in [6, 6.07) is 10.2. The van der Waals surface area contributed by atoms with Crippen molar-refractivity contribution >= 4 is 36.8 Å². The van der Waals surface area contributed by atoms with E-state index in [-0.39, 0.29) is 32.9 Å². The number of nitrogens with two attached hydrogens (primary N) is 1. The number of halogens is 3. The molecule has 0 aliphatic carbocycles. The maximum atomic E-state index is 13.8. The largest absolute Gasteiger partial charge is 0.524 e. The van der Waals surface area contributed by atoms with Crippen LogP contribution in [0.2, 0.25) is 10.0 Å². The zero-order valence-corrected chi connectivity index (χ0v) is 17.8. The summed E-state index contributed by atoms with van der Waals surface area (Å²) in [6.45, 7) is 1.65. The maximum Gasteiger partial charge on any atom is 0.524 e. The summed E-state index contributed by atoms with van der Waals surface area (Å²) in [5.41, 5.74) is 7.47. The normalized spacial score (nSPS) is 12.5. The number of ether oxygens (including phenoxy) is 1. The highest BCUT2D eigenvalue weighted by Crippen LogP contribution is 2.39. The van der Waals surface area contributed by atoms with Gasteiger partial charge in [0.05, 0.1) is 5.02 Å². The van der Waals surface area contributed by atoms with Gasteiger partial charge in [-0.15, -0.1) is 0 Å². The summed E-state index contributed by atoms with van der Waals surface area (Å²) in [6.07, 6.45) is 0.785. The predicted molar refractivity (Wildman–Crippen MR) is 112 cm³/mol. The van der Waals surface area contributed by atoms with E-state index in [9.17, 15) is 8.96 Å². The molecule has 7 nitrogen and oxygen atoms in total. The summed E-state index contributed by atoms with van der Waals surface area (Å²) >= 11 is 12.2. The number of nitrogen functional groups attached to an aromatic ring is 1. The molecule has 2 aromatic carbocycles. The first kappa shape index (κ1) is 22.3. The molecule has 1 atom stereocenters. The van der Waals surface area contributed by atoms with Gasteiger partial charge >= 0.3 is 7.82 Å². The fourth-order valence-electron chi connectivity index (χ4n) is 2.72. The van der Waals surface area contributed by atoms with Gasteiger partial charge in [-0.05, 0) is 42.8 Å². The van der Waals surface area contributed by atoms with Crippen molar-refractivity contribution < 1.29 is 28.0 Å². The molecule has 0 saturated heterocycles. The number of phosphoric ester groups is 1. The Labute approximate surface area is 181 Å². The summed E-state index contributed by atoms with van der Waals surface area (Å²) in [5.74, 6) is -0.275. The molecule has 30 heavy (non-hydrogen) atoms. The van der Waals surface area contributed by atoms with Gasteiger partial charge in [0, 0.05) is 22.3 Å². The number of aromatic nitrogens is 1. The molecule has 0 bridgehead atoms. The number of benzene rings is 2. The van der Waals surface area contributed by atoms with Gasteiger partial charge in [-0.3, -0.25) is 9.79 Å². The van der Waals surface area contributed by atoms with E-state index in [0.29, 0.717) is 11.1 Å². The Balaban J connectivity index is 1.87. The van der Waals surface area contributed by atoms with Crippen LogP contribution in [0.3, 0.4) is 0 Å². The molecule has 1 aromatic heterocycles. The van der Waals surface area contributed by atoms with Crippen LogP contribution in [0.25, 0.3) is 11.1 Å². The van der Waals surface area contributed by atoms with E-state index < -0.39 is 19.7 Å². The summed E-state index contributed by atoms with van der Waals surface area (Å²) in [5, 5.41) is 0.107. The fraction of sp³-hybridized carbons (Fsp3) is 0.105. The van der Waals surface area contributed by atoms with Crippen LogP contribution in [0.1, 0.15) is 18.6 Å². The molecule has 1 heterocycles. The number of anilines is 1. The molecule has 3 rings (SSSR count). The Morgan fingerprint density at radius 1 is 1.13 bits per heavy atom. The average molecular weight is 473 g/mol. The van der Waals surface area contributed by atoms with Crippen molar-refractivity contribution in [3.8, 4) is 22.6 Å². The molecule has 0 radical (unpaired) electrons. The second-order valence-corrected chi connectivity index (χ2v) is 8.18. The van der Waals surface area contributed by atoms with Crippen molar-refractivity contribution in [2.24, 2.45) is 0 Å². The lowest BCUT2D eigenvalue weighted by atomic mass is 10.1. The third-order valence-corrected chi connectivity index (χ3v) is 5.25. The van der Waals surface area contributed by atoms with E-state index in [1.807, 2.05) is 0 Å². The van der Waals surface area contributed by atoms with Crippen molar-refractivity contribution in [2.45, 2.75) is 13.0 Å². The molecular weight excluding hydrogens is 457 g/mol. The molecular formula is C19H16Cl2FN2O5P. The lowest BCUT2D eigenvalue weighted by Crippen LogP contribution is -2.08. The monoisotopic (exact) mass is 472 g/mol. The van der Waals surface area contributed by atoms with E-state index >= 15 is 0 Å². The standard InChI is InChI=1S/C19H16Cl2FN2O5P/c1-10(17-14(20)6-7-15(22)18(17)21)28-16-8-12(9-24-19(16)23)11-2-4-13(5-3-11)29-30(25,26)27/h2-10H,1H3,(H2,23,24)(H2,25,26,27)/t10-/m1/s1. The first-order valence-electron chi connectivity index (χ1n) is 8.46. The molecule has 158 valence electrons. The van der Waals surface area contributed by atoms with Crippen molar-refractivity contribution in [1.82, 2.24) is 4.98 Å². The minimum atomic E-state index is -4.64. The maximum absolute atomic E-state index is 13.8. The van der Waals surface area contributed by atoms with E-state index in [1.165, 1.54) is 24.4 Å². The topological polar surface area (TPSA) is 115 Å². The van der Waals surface area contributed by atoms with E-state index in [1.54, 1.807) is 25.1 Å². The highest BCUT2D eigenvalue weighted by Gasteiger charge is 2.20. The molecule has 3 aromatic rings. The molecule has 0 unspecified atom stereocenters. The van der Waals surface area contributed by atoms with Crippen LogP contribution in [0.5, 0.6) is 11.5 Å². The van der Waals surface area contributed by atoms with Crippen LogP contribution in [0.15, 0.2) is 48.7 Å². The first-order valence-corrected chi connectivity index (χ1v) is 10.7. The molecule has 0 aliphatic rings. The van der Waals surface area contributed by atoms with Crippen molar-refractivity contribution in [3.63, 3.8) is 0 Å². The van der Waals surface area contributed by atoms with Crippen LogP contribution in [-0.4, -0.2) is 14.8 Å². The van der Waals surface area contributed by atoms with Gasteiger partial charge in [0.25, 0.3) is 0 Å². The van der Waals surface area contributed by atoms with Crippen molar-refractivity contribution in [3.05, 3.63) is 70.1 Å². The fourth-order valence-corrected chi connectivity index (χ4v) is 3.79. The van der Waals surface area contributed by atoms with Gasteiger partial charge in [-0.25, -0.2) is 13.9 Å². The smallest absolute Gasteiger partial charge is 0.482 e. The number of phosphoric acid groups is 1. The number of hydrogen-bond acceptors (Lipinski definition) is 5. The lowest BCUT2D eigenvalue weighted by Gasteiger charge is -2.19. The number of hydrogen-bond donors (Lipinski definition) is 3. The number of nitrogens with zero attached hydrogens (tertiary/aromatic N) is 1. The molecule has 11 heteroatoms. The number of pyridine rings is 1. The van der Waals surface area contributed by atoms with Crippen molar-refractivity contribution in [1.29, 1.82) is 0 Å². The Bertz CT molecular complexity index is 1120. The van der Waals surface area contributed by atoms with Crippen LogP contribution in [-0.2, 0) is 4.57 Å². The van der Waals surface area contributed by atoms with E-state index in [0.717, 1.165) is 6.07 Å². The third kappa shape index (κ3) is 5.22. The Kier molecular flexibility index (Phi) is 6.55. The van der Waals surface area contributed by atoms with Gasteiger partial charge in [-0.2, -0.15) is 0 Å². The molecule has 0 aliphatic heterocycles. The van der Waals surface area contributed by atoms with E-state index in [4.69, 9.17) is 43.5 Å². The summed E-state index contributed by atoms with van der Waals surface area (Å²) in [7, 11) is -4.64. The highest BCUT2D eigenvalue weighted by molar-refractivity contribution is 7.46. The highest BCUT2D eigenvalue weighted by atomic mass is 35.5. The molecule has 0 saturated carbocycles. The first-order chi connectivity index (χ1) is 14.0. The van der Waals surface area contributed by atoms with Crippen molar-refractivity contribution in [2.75, 3.05) is 5.73 Å². The summed E-state index contributed by atoms with van der Waals surface area (Å²) < 4.78 is 35.1. The van der Waals surface area contributed by atoms with Gasteiger partial charge in [-0.1, -0.05) is 35.3 Å². The van der Waals surface area contributed by atoms with Crippen LogP contribution < -0.4 is 15.0 Å². The average Bonchev–Trinajstić information content (AvgIpc) is 2.66. The zero-order chi connectivity index (χ0) is 22.1. The Morgan fingerprint density at radius 3 is 2.43 bits per heavy atom. The third-order valence-electron chi connectivity index (χ3n) is 4.08. The number of rotatable bonds is 6. The minimum Gasteiger partial charge on any atom is -0.482 e. The van der Waals surface area contributed by atoms with Crippen LogP contribution in [0, 0.1) is 5.82 Å². The van der Waals surface area contributed by atoms with Crippen LogP contribution >= 0.6 is 31.0 Å². The van der Waals surface area contributed by atoms with Gasteiger partial charge in [0.2, 0.25) is 0 Å². The Morgan fingerprint density at radius 2 is 1.80 bits per heavy atom. The van der Waals surface area contributed by atoms with E-state index in [2.05, 4.69) is 9.51 Å². The second kappa shape index (κ2) is 8.79. The molecule has 0 fully saturated rings. The van der Waals surface area contributed by atoms with Crippen LogP contribution in [0.4, 0.5) is 10.2 Å². The Hall–Kier alpha value is -2.35. The molecule has 0 spiro atoms. The lowest BCUT2D eigenvalue weighted by molar-refractivity contribution is 0.227. The van der Waals surface area contributed by atoms with Gasteiger partial charge in [0.15, 0.2) is 11.6 Å². The quantitative estimate of drug-likeness (QED) is 0.325. The SMILES string of the molecule is C[C@@H](Oc1cc(-c2ccc(OP(=O)(O)O)cc2)cnc1N)c1c(Cl)ccc(F)c1Cl. The molecule has 0 amide bonds. The van der Waals surface area contributed by atoms with Gasteiger partial charge < -0.3 is 15.0 Å². The van der Waals surface area contributed by atoms with Gasteiger partial charge in [0.1, 0.15) is 17.7 Å². The molecule has 4 N–H and O–H groups in total. The minimum absolute atomic E-state index is 0.0102. The second-order valence-electron chi connectivity index (χ2n) is 6.23.